The standard InChI is InChI=1S/C14H17NO/c1-10-6-11(2)8-13(7-10)15(3)12-4-5-14(16)9-12/h6-9H,4-5H2,1-3H3. The number of allylic oxidation sites excluding steroid dienone is 2. The van der Waals surface area contributed by atoms with Crippen LogP contribution in [0.5, 0.6) is 0 Å². The molecule has 0 aromatic heterocycles. The van der Waals surface area contributed by atoms with E-state index in [1.807, 2.05) is 7.05 Å². The van der Waals surface area contributed by atoms with Gasteiger partial charge in [-0.3, -0.25) is 4.79 Å². The quantitative estimate of drug-likeness (QED) is 0.756. The maximum atomic E-state index is 11.2. The van der Waals surface area contributed by atoms with Gasteiger partial charge in [-0.2, -0.15) is 0 Å². The number of benzene rings is 1. The van der Waals surface area contributed by atoms with E-state index in [0.717, 1.165) is 12.1 Å². The van der Waals surface area contributed by atoms with Gasteiger partial charge in [-0.15, -0.1) is 0 Å². The normalized spacial score (nSPS) is 15.2. The molecule has 0 aliphatic heterocycles. The summed E-state index contributed by atoms with van der Waals surface area (Å²) in [7, 11) is 2.03. The number of hydrogen-bond acceptors (Lipinski definition) is 2. The number of rotatable bonds is 2. The molecule has 0 spiro atoms. The maximum absolute atomic E-state index is 11.2. The van der Waals surface area contributed by atoms with E-state index in [4.69, 9.17) is 0 Å². The molecule has 1 aromatic rings. The smallest absolute Gasteiger partial charge is 0.157 e. The Kier molecular flexibility index (Phi) is 2.82. The van der Waals surface area contributed by atoms with Crippen molar-refractivity contribution in [2.24, 2.45) is 0 Å². The highest BCUT2D eigenvalue weighted by atomic mass is 16.1. The van der Waals surface area contributed by atoms with Gasteiger partial charge in [0.05, 0.1) is 0 Å². The Morgan fingerprint density at radius 1 is 1.06 bits per heavy atom. The Morgan fingerprint density at radius 3 is 2.19 bits per heavy atom. The average molecular weight is 215 g/mol. The minimum Gasteiger partial charge on any atom is -0.348 e. The molecule has 0 saturated carbocycles. The van der Waals surface area contributed by atoms with Gasteiger partial charge in [-0.1, -0.05) is 6.07 Å². The molecule has 1 aliphatic carbocycles. The highest BCUT2D eigenvalue weighted by molar-refractivity contribution is 5.93. The van der Waals surface area contributed by atoms with Crippen molar-refractivity contribution >= 4 is 11.5 Å². The number of carbonyl (C=O) groups excluding carboxylic acids is 1. The third kappa shape index (κ3) is 2.16. The Balaban J connectivity index is 2.30. The predicted molar refractivity (Wildman–Crippen MR) is 66.6 cm³/mol. The third-order valence-corrected chi connectivity index (χ3v) is 2.98. The van der Waals surface area contributed by atoms with Crippen LogP contribution in [0, 0.1) is 13.8 Å². The average Bonchev–Trinajstić information content (AvgIpc) is 2.62. The minimum atomic E-state index is 0.242. The van der Waals surface area contributed by atoms with E-state index < -0.39 is 0 Å². The van der Waals surface area contributed by atoms with Crippen LogP contribution in [0.15, 0.2) is 30.0 Å². The summed E-state index contributed by atoms with van der Waals surface area (Å²) in [5.74, 6) is 0.242. The Hall–Kier alpha value is -1.57. The van der Waals surface area contributed by atoms with E-state index in [1.165, 1.54) is 16.8 Å². The summed E-state index contributed by atoms with van der Waals surface area (Å²) in [6.07, 6.45) is 3.28. The van der Waals surface area contributed by atoms with Crippen LogP contribution in [0.25, 0.3) is 0 Å². The second-order valence-electron chi connectivity index (χ2n) is 4.51. The lowest BCUT2D eigenvalue weighted by molar-refractivity contribution is -0.114. The predicted octanol–water partition coefficient (Wildman–Crippen LogP) is 2.99. The molecule has 1 aliphatic rings. The van der Waals surface area contributed by atoms with Gasteiger partial charge in [0.25, 0.3) is 0 Å². The van der Waals surface area contributed by atoms with E-state index in [1.54, 1.807) is 6.08 Å². The number of carbonyl (C=O) groups is 1. The summed E-state index contributed by atoms with van der Waals surface area (Å²) in [6, 6.07) is 6.46. The zero-order chi connectivity index (χ0) is 11.7. The molecule has 16 heavy (non-hydrogen) atoms. The van der Waals surface area contributed by atoms with Crippen LogP contribution in [0.1, 0.15) is 24.0 Å². The fourth-order valence-corrected chi connectivity index (χ4v) is 2.16. The summed E-state index contributed by atoms with van der Waals surface area (Å²) in [5.41, 5.74) is 4.80. The molecule has 0 radical (unpaired) electrons. The summed E-state index contributed by atoms with van der Waals surface area (Å²) >= 11 is 0. The van der Waals surface area contributed by atoms with Crippen molar-refractivity contribution in [1.29, 1.82) is 0 Å². The summed E-state index contributed by atoms with van der Waals surface area (Å²) in [6.45, 7) is 4.19. The first-order valence-corrected chi connectivity index (χ1v) is 5.62. The van der Waals surface area contributed by atoms with Crippen LogP contribution < -0.4 is 4.90 Å². The largest absolute Gasteiger partial charge is 0.348 e. The van der Waals surface area contributed by atoms with Crippen LogP contribution in [-0.2, 0) is 4.79 Å². The minimum absolute atomic E-state index is 0.242. The first-order valence-electron chi connectivity index (χ1n) is 5.62. The SMILES string of the molecule is Cc1cc(C)cc(N(C)C2=CC(=O)CC2)c1. The van der Waals surface area contributed by atoms with E-state index in [0.29, 0.717) is 6.42 Å². The van der Waals surface area contributed by atoms with Crippen molar-refractivity contribution in [2.75, 3.05) is 11.9 Å². The van der Waals surface area contributed by atoms with Crippen LogP contribution in [0.2, 0.25) is 0 Å². The molecule has 0 bridgehead atoms. The third-order valence-electron chi connectivity index (χ3n) is 2.98. The van der Waals surface area contributed by atoms with Gasteiger partial charge < -0.3 is 4.90 Å². The summed E-state index contributed by atoms with van der Waals surface area (Å²) < 4.78 is 0. The zero-order valence-corrected chi connectivity index (χ0v) is 10.1. The van der Waals surface area contributed by atoms with Gasteiger partial charge in [0.15, 0.2) is 5.78 Å². The van der Waals surface area contributed by atoms with E-state index >= 15 is 0 Å². The molecule has 0 amide bonds. The Labute approximate surface area is 96.6 Å². The fourth-order valence-electron chi connectivity index (χ4n) is 2.16. The van der Waals surface area contributed by atoms with Gasteiger partial charge in [0, 0.05) is 30.9 Å². The lowest BCUT2D eigenvalue weighted by atomic mass is 10.1. The molecule has 1 aromatic carbocycles. The van der Waals surface area contributed by atoms with Crippen molar-refractivity contribution in [1.82, 2.24) is 0 Å². The van der Waals surface area contributed by atoms with Crippen LogP contribution >= 0.6 is 0 Å². The zero-order valence-electron chi connectivity index (χ0n) is 10.1. The van der Waals surface area contributed by atoms with Crippen LogP contribution in [-0.4, -0.2) is 12.8 Å². The lowest BCUT2D eigenvalue weighted by Crippen LogP contribution is -2.15. The molecular formula is C14H17NO. The lowest BCUT2D eigenvalue weighted by Gasteiger charge is -2.21. The van der Waals surface area contributed by atoms with E-state index in [9.17, 15) is 4.79 Å². The van der Waals surface area contributed by atoms with Crippen molar-refractivity contribution in [3.05, 3.63) is 41.1 Å². The van der Waals surface area contributed by atoms with Crippen LogP contribution in [0.4, 0.5) is 5.69 Å². The van der Waals surface area contributed by atoms with Crippen molar-refractivity contribution in [3.63, 3.8) is 0 Å². The second kappa shape index (κ2) is 4.12. The number of anilines is 1. The molecule has 2 heteroatoms. The molecule has 0 N–H and O–H groups in total. The fraction of sp³-hybridized carbons (Fsp3) is 0.357. The molecular weight excluding hydrogens is 198 g/mol. The van der Waals surface area contributed by atoms with Crippen molar-refractivity contribution in [2.45, 2.75) is 26.7 Å². The summed E-state index contributed by atoms with van der Waals surface area (Å²) in [5, 5.41) is 0. The number of nitrogens with zero attached hydrogens (tertiary/aromatic N) is 1. The molecule has 0 heterocycles. The highest BCUT2D eigenvalue weighted by Gasteiger charge is 2.16. The Morgan fingerprint density at radius 2 is 1.69 bits per heavy atom. The second-order valence-corrected chi connectivity index (χ2v) is 4.51. The van der Waals surface area contributed by atoms with Crippen molar-refractivity contribution in [3.8, 4) is 0 Å². The van der Waals surface area contributed by atoms with Gasteiger partial charge >= 0.3 is 0 Å². The summed E-state index contributed by atoms with van der Waals surface area (Å²) in [4.78, 5) is 13.3. The van der Waals surface area contributed by atoms with E-state index in [-0.39, 0.29) is 5.78 Å². The Bertz CT molecular complexity index is 440. The first-order chi connectivity index (χ1) is 7.56. The maximum Gasteiger partial charge on any atom is 0.157 e. The molecule has 0 saturated heterocycles. The van der Waals surface area contributed by atoms with E-state index in [2.05, 4.69) is 36.9 Å². The van der Waals surface area contributed by atoms with Crippen LogP contribution in [0.3, 0.4) is 0 Å². The monoisotopic (exact) mass is 215 g/mol. The number of ketones is 1. The molecule has 84 valence electrons. The first kappa shape index (κ1) is 10.9. The van der Waals surface area contributed by atoms with Gasteiger partial charge in [0.2, 0.25) is 0 Å². The molecule has 0 fully saturated rings. The topological polar surface area (TPSA) is 20.3 Å². The number of aryl methyl sites for hydroxylation is 2. The molecule has 2 rings (SSSR count). The van der Waals surface area contributed by atoms with Crippen molar-refractivity contribution < 1.29 is 4.79 Å². The number of hydrogen-bond donors (Lipinski definition) is 0. The molecule has 2 nitrogen and oxygen atoms in total. The van der Waals surface area contributed by atoms with Gasteiger partial charge in [-0.05, 0) is 43.5 Å². The van der Waals surface area contributed by atoms with Gasteiger partial charge in [-0.25, -0.2) is 0 Å². The molecule has 0 atom stereocenters. The van der Waals surface area contributed by atoms with Gasteiger partial charge in [0.1, 0.15) is 0 Å². The highest BCUT2D eigenvalue weighted by Crippen LogP contribution is 2.25. The molecule has 0 unspecified atom stereocenters.